The molecule has 4 heteroatoms. The maximum Gasteiger partial charge on any atom is 0.322 e. The number of ether oxygens (including phenoxy) is 1. The van der Waals surface area contributed by atoms with Crippen LogP contribution in [0.15, 0.2) is 22.7 Å². The molecule has 0 aliphatic carbocycles. The van der Waals surface area contributed by atoms with E-state index in [2.05, 4.69) is 48.1 Å². The first-order valence-electron chi connectivity index (χ1n) is 6.50. The second kappa shape index (κ2) is 7.65. The van der Waals surface area contributed by atoms with Crippen molar-refractivity contribution in [1.29, 1.82) is 0 Å². The quantitative estimate of drug-likeness (QED) is 0.813. The molecule has 0 fully saturated rings. The van der Waals surface area contributed by atoms with Crippen molar-refractivity contribution in [1.82, 2.24) is 5.32 Å². The molecule has 0 saturated carbocycles. The fourth-order valence-electron chi connectivity index (χ4n) is 1.93. The Morgan fingerprint density at radius 2 is 2.11 bits per heavy atom. The van der Waals surface area contributed by atoms with E-state index in [0.717, 1.165) is 10.9 Å². The van der Waals surface area contributed by atoms with Gasteiger partial charge in [0.1, 0.15) is 6.04 Å². The Labute approximate surface area is 123 Å². The summed E-state index contributed by atoms with van der Waals surface area (Å²) in [7, 11) is 1.43. The third kappa shape index (κ3) is 5.33. The summed E-state index contributed by atoms with van der Waals surface area (Å²) in [5.41, 5.74) is 2.36. The van der Waals surface area contributed by atoms with Gasteiger partial charge in [-0.1, -0.05) is 41.9 Å². The number of hydrogen-bond acceptors (Lipinski definition) is 3. The van der Waals surface area contributed by atoms with Gasteiger partial charge >= 0.3 is 5.97 Å². The molecule has 1 atom stereocenters. The van der Waals surface area contributed by atoms with Gasteiger partial charge < -0.3 is 10.1 Å². The number of hydrogen-bond donors (Lipinski definition) is 1. The zero-order valence-corrected chi connectivity index (χ0v) is 13.6. The lowest BCUT2D eigenvalue weighted by Crippen LogP contribution is -2.38. The number of carbonyl (C=O) groups excluding carboxylic acids is 1. The predicted molar refractivity (Wildman–Crippen MR) is 81.0 cm³/mol. The van der Waals surface area contributed by atoms with Crippen molar-refractivity contribution in [3.05, 3.63) is 33.8 Å². The molecule has 1 unspecified atom stereocenters. The van der Waals surface area contributed by atoms with Gasteiger partial charge in [0.15, 0.2) is 0 Å². The van der Waals surface area contributed by atoms with Crippen molar-refractivity contribution in [2.75, 3.05) is 7.11 Å². The van der Waals surface area contributed by atoms with Gasteiger partial charge in [0, 0.05) is 11.0 Å². The molecule has 106 valence electrons. The molecule has 0 aliphatic heterocycles. The van der Waals surface area contributed by atoms with Crippen LogP contribution in [0.2, 0.25) is 0 Å². The molecule has 0 spiro atoms. The van der Waals surface area contributed by atoms with E-state index < -0.39 is 0 Å². The SMILES string of the molecule is COC(=O)C(CC(C)C)NCc1ccc(Br)c(C)c1. The molecular formula is C15H22BrNO2. The van der Waals surface area contributed by atoms with E-state index in [4.69, 9.17) is 4.74 Å². The second-order valence-corrected chi connectivity index (χ2v) is 6.02. The van der Waals surface area contributed by atoms with Crippen LogP contribution in [0.3, 0.4) is 0 Å². The first-order valence-corrected chi connectivity index (χ1v) is 7.29. The Kier molecular flexibility index (Phi) is 6.52. The Morgan fingerprint density at radius 1 is 1.42 bits per heavy atom. The van der Waals surface area contributed by atoms with E-state index in [1.165, 1.54) is 18.2 Å². The number of rotatable bonds is 6. The lowest BCUT2D eigenvalue weighted by molar-refractivity contribution is -0.143. The van der Waals surface area contributed by atoms with E-state index in [9.17, 15) is 4.79 Å². The fourth-order valence-corrected chi connectivity index (χ4v) is 2.18. The van der Waals surface area contributed by atoms with Crippen LogP contribution in [0.5, 0.6) is 0 Å². The number of benzene rings is 1. The summed E-state index contributed by atoms with van der Waals surface area (Å²) in [5, 5.41) is 3.27. The minimum atomic E-state index is -0.242. The average Bonchev–Trinajstić information content (AvgIpc) is 2.37. The zero-order valence-electron chi connectivity index (χ0n) is 12.0. The number of nitrogens with one attached hydrogen (secondary N) is 1. The maximum atomic E-state index is 11.7. The summed E-state index contributed by atoms with van der Waals surface area (Å²) in [6.07, 6.45) is 0.780. The number of esters is 1. The highest BCUT2D eigenvalue weighted by atomic mass is 79.9. The molecule has 0 aliphatic rings. The van der Waals surface area contributed by atoms with Crippen molar-refractivity contribution in [2.45, 2.75) is 39.8 Å². The van der Waals surface area contributed by atoms with Crippen LogP contribution < -0.4 is 5.32 Å². The number of aryl methyl sites for hydroxylation is 1. The standard InChI is InChI=1S/C15H22BrNO2/c1-10(2)7-14(15(18)19-4)17-9-12-5-6-13(16)11(3)8-12/h5-6,8,10,14,17H,7,9H2,1-4H3. The van der Waals surface area contributed by atoms with Crippen LogP contribution in [0.4, 0.5) is 0 Å². The van der Waals surface area contributed by atoms with Gasteiger partial charge in [0.05, 0.1) is 7.11 Å². The van der Waals surface area contributed by atoms with E-state index in [1.807, 2.05) is 12.1 Å². The van der Waals surface area contributed by atoms with Crippen molar-refractivity contribution in [3.8, 4) is 0 Å². The summed E-state index contributed by atoms with van der Waals surface area (Å²) in [5.74, 6) is 0.255. The first-order chi connectivity index (χ1) is 8.93. The van der Waals surface area contributed by atoms with Crippen molar-refractivity contribution in [3.63, 3.8) is 0 Å². The third-order valence-corrected chi connectivity index (χ3v) is 3.86. The van der Waals surface area contributed by atoms with Crippen molar-refractivity contribution in [2.24, 2.45) is 5.92 Å². The molecule has 0 aromatic heterocycles. The molecule has 1 N–H and O–H groups in total. The molecular weight excluding hydrogens is 306 g/mol. The molecule has 1 aromatic rings. The zero-order chi connectivity index (χ0) is 14.4. The minimum absolute atomic E-state index is 0.192. The van der Waals surface area contributed by atoms with E-state index in [-0.39, 0.29) is 12.0 Å². The van der Waals surface area contributed by atoms with E-state index in [1.54, 1.807) is 0 Å². The molecule has 0 radical (unpaired) electrons. The summed E-state index contributed by atoms with van der Waals surface area (Å²) in [6.45, 7) is 6.92. The maximum absolute atomic E-state index is 11.7. The van der Waals surface area contributed by atoms with Gasteiger partial charge in [-0.2, -0.15) is 0 Å². The van der Waals surface area contributed by atoms with E-state index in [0.29, 0.717) is 12.5 Å². The molecule has 0 amide bonds. The number of halogens is 1. The molecule has 0 saturated heterocycles. The monoisotopic (exact) mass is 327 g/mol. The highest BCUT2D eigenvalue weighted by Gasteiger charge is 2.19. The van der Waals surface area contributed by atoms with Crippen LogP contribution in [-0.2, 0) is 16.1 Å². The smallest absolute Gasteiger partial charge is 0.322 e. The lowest BCUT2D eigenvalue weighted by Gasteiger charge is -2.18. The van der Waals surface area contributed by atoms with Gasteiger partial charge in [-0.25, -0.2) is 0 Å². The van der Waals surface area contributed by atoms with Crippen LogP contribution in [-0.4, -0.2) is 19.1 Å². The van der Waals surface area contributed by atoms with Gasteiger partial charge in [0.2, 0.25) is 0 Å². The Balaban J connectivity index is 2.64. The molecule has 0 heterocycles. The lowest BCUT2D eigenvalue weighted by atomic mass is 10.0. The topological polar surface area (TPSA) is 38.3 Å². The average molecular weight is 328 g/mol. The fraction of sp³-hybridized carbons (Fsp3) is 0.533. The van der Waals surface area contributed by atoms with Gasteiger partial charge in [-0.05, 0) is 36.5 Å². The van der Waals surface area contributed by atoms with Crippen molar-refractivity contribution < 1.29 is 9.53 Å². The van der Waals surface area contributed by atoms with E-state index >= 15 is 0 Å². The van der Waals surface area contributed by atoms with Crippen LogP contribution >= 0.6 is 15.9 Å². The van der Waals surface area contributed by atoms with Crippen LogP contribution in [0.1, 0.15) is 31.4 Å². The summed E-state index contributed by atoms with van der Waals surface area (Å²) in [4.78, 5) is 11.7. The normalized spacial score (nSPS) is 12.5. The Morgan fingerprint density at radius 3 is 2.63 bits per heavy atom. The summed E-state index contributed by atoms with van der Waals surface area (Å²) in [6, 6.07) is 5.95. The largest absolute Gasteiger partial charge is 0.468 e. The molecule has 19 heavy (non-hydrogen) atoms. The molecule has 1 rings (SSSR count). The van der Waals surface area contributed by atoms with Gasteiger partial charge in [-0.15, -0.1) is 0 Å². The summed E-state index contributed by atoms with van der Waals surface area (Å²) >= 11 is 3.48. The summed E-state index contributed by atoms with van der Waals surface area (Å²) < 4.78 is 5.94. The van der Waals surface area contributed by atoms with Gasteiger partial charge in [0.25, 0.3) is 0 Å². The highest BCUT2D eigenvalue weighted by Crippen LogP contribution is 2.17. The Bertz CT molecular complexity index is 432. The second-order valence-electron chi connectivity index (χ2n) is 5.17. The van der Waals surface area contributed by atoms with Crippen LogP contribution in [0, 0.1) is 12.8 Å². The molecule has 1 aromatic carbocycles. The molecule has 0 bridgehead atoms. The first kappa shape index (κ1) is 16.2. The van der Waals surface area contributed by atoms with Crippen molar-refractivity contribution >= 4 is 21.9 Å². The van der Waals surface area contributed by atoms with Gasteiger partial charge in [-0.3, -0.25) is 4.79 Å². The predicted octanol–water partition coefficient (Wildman–Crippen LogP) is 3.43. The Hall–Kier alpha value is -0.870. The highest BCUT2D eigenvalue weighted by molar-refractivity contribution is 9.10. The van der Waals surface area contributed by atoms with Crippen LogP contribution in [0.25, 0.3) is 0 Å². The minimum Gasteiger partial charge on any atom is -0.468 e. The third-order valence-electron chi connectivity index (χ3n) is 2.97. The number of carbonyl (C=O) groups is 1. The number of methoxy groups -OCH3 is 1. The molecule has 3 nitrogen and oxygen atoms in total.